The lowest BCUT2D eigenvalue weighted by Gasteiger charge is -2.37. The van der Waals surface area contributed by atoms with Crippen LogP contribution in [0.4, 0.5) is 28.4 Å². The number of halogens is 1. The van der Waals surface area contributed by atoms with E-state index in [1.807, 2.05) is 103 Å². The van der Waals surface area contributed by atoms with Crippen molar-refractivity contribution in [1.29, 1.82) is 0 Å². The Bertz CT molecular complexity index is 2290. The summed E-state index contributed by atoms with van der Waals surface area (Å²) in [5, 5.41) is 22.8. The molecule has 2 heterocycles. The van der Waals surface area contributed by atoms with Gasteiger partial charge in [0.1, 0.15) is 5.69 Å². The Morgan fingerprint density at radius 3 is 2.09 bits per heavy atom. The molecule has 3 N–H and O–H groups in total. The number of nitrogens with zero attached hydrogens (tertiary/aromatic N) is 4. The molecule has 0 atom stereocenters. The summed E-state index contributed by atoms with van der Waals surface area (Å²) in [6.07, 6.45) is 0. The topological polar surface area (TPSA) is 116 Å². The van der Waals surface area contributed by atoms with Gasteiger partial charge < -0.3 is 28.9 Å². The Hall–Kier alpha value is -5.56. The molecule has 1 aromatic heterocycles. The molecule has 6 aromatic rings. The Labute approximate surface area is 327 Å². The molecule has 54 heavy (non-hydrogen) atoms. The molecule has 0 radical (unpaired) electrons. The predicted molar refractivity (Wildman–Crippen MR) is 222 cm³/mol. The first-order valence-corrected chi connectivity index (χ1v) is 19.3. The van der Waals surface area contributed by atoms with Crippen LogP contribution in [0.25, 0.3) is 22.4 Å². The molecule has 0 unspecified atom stereocenters. The highest BCUT2D eigenvalue weighted by Gasteiger charge is 2.26. The Balaban J connectivity index is 0.991. The van der Waals surface area contributed by atoms with Crippen LogP contribution < -0.4 is 19.2 Å². The lowest BCUT2D eigenvalue weighted by Crippen LogP contribution is -2.46. The number of hydrogen-bond donors (Lipinski definition) is 3. The SMILES string of the molecule is Cc1c(C(=O)O)c(-c2cccc(N3CCN(c4ccc(NSc5ccc(NSc6ccccc6)c([N+](=O)[O-])c5)cc4)CC3)c2)c(-c2ccc(Cl)cc2)n1C. The second-order valence-electron chi connectivity index (χ2n) is 12.8. The van der Waals surface area contributed by atoms with Crippen molar-refractivity contribution >= 4 is 69.9 Å². The largest absolute Gasteiger partial charge is 0.478 e. The average Bonchev–Trinajstić information content (AvgIpc) is 3.47. The van der Waals surface area contributed by atoms with Crippen molar-refractivity contribution in [2.75, 3.05) is 45.4 Å². The van der Waals surface area contributed by atoms with Gasteiger partial charge in [-0.25, -0.2) is 4.79 Å². The van der Waals surface area contributed by atoms with Gasteiger partial charge in [0.25, 0.3) is 5.69 Å². The number of piperazine rings is 1. The molecule has 0 bridgehead atoms. The van der Waals surface area contributed by atoms with Gasteiger partial charge in [-0.2, -0.15) is 0 Å². The fourth-order valence-corrected chi connectivity index (χ4v) is 8.14. The van der Waals surface area contributed by atoms with E-state index in [1.165, 1.54) is 23.9 Å². The molecule has 5 aromatic carbocycles. The minimum Gasteiger partial charge on any atom is -0.478 e. The minimum absolute atomic E-state index is 0.00862. The molecule has 1 fully saturated rings. The van der Waals surface area contributed by atoms with Gasteiger partial charge in [0.15, 0.2) is 0 Å². The monoisotopic (exact) mass is 776 g/mol. The van der Waals surface area contributed by atoms with Crippen LogP contribution in [0.1, 0.15) is 16.1 Å². The van der Waals surface area contributed by atoms with Crippen molar-refractivity contribution in [1.82, 2.24) is 4.57 Å². The number of hydrogen-bond acceptors (Lipinski definition) is 9. The fraction of sp³-hybridized carbons (Fsp3) is 0.146. The van der Waals surface area contributed by atoms with E-state index in [4.69, 9.17) is 11.6 Å². The van der Waals surface area contributed by atoms with E-state index in [-0.39, 0.29) is 10.6 Å². The van der Waals surface area contributed by atoms with Crippen LogP contribution >= 0.6 is 35.5 Å². The number of carboxylic acids is 1. The van der Waals surface area contributed by atoms with Crippen LogP contribution in [0.5, 0.6) is 0 Å². The first-order valence-electron chi connectivity index (χ1n) is 17.2. The van der Waals surface area contributed by atoms with E-state index in [2.05, 4.69) is 43.5 Å². The zero-order chi connectivity index (χ0) is 37.8. The number of nitro groups is 1. The number of carbonyl (C=O) groups is 1. The quantitative estimate of drug-likeness (QED) is 0.0630. The summed E-state index contributed by atoms with van der Waals surface area (Å²) in [5.41, 5.74) is 7.76. The second kappa shape index (κ2) is 16.2. The third kappa shape index (κ3) is 8.01. The van der Waals surface area contributed by atoms with E-state index in [1.54, 1.807) is 12.1 Å². The third-order valence-corrected chi connectivity index (χ3v) is 11.4. The average molecular weight is 777 g/mol. The summed E-state index contributed by atoms with van der Waals surface area (Å²) in [6, 6.07) is 38.6. The van der Waals surface area contributed by atoms with Gasteiger partial charge in [-0.3, -0.25) is 10.1 Å². The lowest BCUT2D eigenvalue weighted by atomic mass is 9.96. The van der Waals surface area contributed by atoms with Crippen molar-refractivity contribution in [3.8, 4) is 22.4 Å². The number of anilines is 4. The van der Waals surface area contributed by atoms with Crippen LogP contribution in [0.15, 0.2) is 131 Å². The standard InChI is InChI=1S/C41H37ClN6O4S2/c1-27-38(41(49)50)39(40(45(27)2)28-11-13-30(42)14-12-28)29-7-6-8-33(25-29)47-23-21-46(22-24-47)32-17-15-31(16-18-32)43-54-35-19-20-36(37(26-35)48(51)52)44-53-34-9-4-3-5-10-34/h3-20,25-26,43-44H,21-24H2,1-2H3,(H,49,50). The van der Waals surface area contributed by atoms with Gasteiger partial charge in [-0.05, 0) is 115 Å². The molecule has 13 heteroatoms. The van der Waals surface area contributed by atoms with E-state index in [9.17, 15) is 20.0 Å². The summed E-state index contributed by atoms with van der Waals surface area (Å²) < 4.78 is 8.36. The fourth-order valence-electron chi connectivity index (χ4n) is 6.64. The third-order valence-electron chi connectivity index (χ3n) is 9.51. The number of aromatic carboxylic acids is 1. The van der Waals surface area contributed by atoms with Gasteiger partial charge in [-0.1, -0.05) is 54.1 Å². The van der Waals surface area contributed by atoms with Crippen molar-refractivity contribution in [2.45, 2.75) is 16.7 Å². The summed E-state index contributed by atoms with van der Waals surface area (Å²) in [4.78, 5) is 30.4. The summed E-state index contributed by atoms with van der Waals surface area (Å²) in [7, 11) is 1.90. The molecule has 1 aliphatic heterocycles. The number of nitrogens with one attached hydrogen (secondary N) is 2. The maximum atomic E-state index is 12.6. The highest BCUT2D eigenvalue weighted by atomic mass is 35.5. The molecule has 10 nitrogen and oxygen atoms in total. The smallest absolute Gasteiger partial charge is 0.338 e. The molecule has 0 aliphatic carbocycles. The normalized spacial score (nSPS) is 12.8. The van der Waals surface area contributed by atoms with Crippen molar-refractivity contribution in [3.05, 3.63) is 148 Å². The molecule has 1 saturated heterocycles. The highest BCUT2D eigenvalue weighted by molar-refractivity contribution is 8.00. The van der Waals surface area contributed by atoms with Gasteiger partial charge in [-0.15, -0.1) is 0 Å². The molecule has 1 aliphatic rings. The molecule has 274 valence electrons. The van der Waals surface area contributed by atoms with Crippen LogP contribution in [0, 0.1) is 17.0 Å². The number of nitro benzene ring substituents is 1. The zero-order valence-electron chi connectivity index (χ0n) is 29.5. The zero-order valence-corrected chi connectivity index (χ0v) is 31.9. The molecule has 0 spiro atoms. The van der Waals surface area contributed by atoms with Crippen molar-refractivity contribution in [3.63, 3.8) is 0 Å². The number of rotatable bonds is 12. The second-order valence-corrected chi connectivity index (χ2v) is 15.0. The summed E-state index contributed by atoms with van der Waals surface area (Å²) >= 11 is 8.84. The van der Waals surface area contributed by atoms with Gasteiger partial charge >= 0.3 is 5.97 Å². The Morgan fingerprint density at radius 2 is 1.43 bits per heavy atom. The van der Waals surface area contributed by atoms with Gasteiger partial charge in [0.05, 0.1) is 16.2 Å². The number of benzene rings is 5. The van der Waals surface area contributed by atoms with Crippen molar-refractivity contribution < 1.29 is 14.8 Å². The van der Waals surface area contributed by atoms with E-state index in [0.717, 1.165) is 69.9 Å². The number of carboxylic acid groups (broad SMARTS) is 1. The van der Waals surface area contributed by atoms with E-state index >= 15 is 0 Å². The maximum absolute atomic E-state index is 12.6. The van der Waals surface area contributed by atoms with Gasteiger partial charge in [0, 0.05) is 82.4 Å². The van der Waals surface area contributed by atoms with Crippen LogP contribution in [-0.2, 0) is 7.05 Å². The van der Waals surface area contributed by atoms with Crippen LogP contribution in [0.3, 0.4) is 0 Å². The lowest BCUT2D eigenvalue weighted by molar-refractivity contribution is -0.384. The minimum atomic E-state index is -0.957. The van der Waals surface area contributed by atoms with Crippen LogP contribution in [-0.4, -0.2) is 46.7 Å². The van der Waals surface area contributed by atoms with Crippen molar-refractivity contribution in [2.24, 2.45) is 7.05 Å². The van der Waals surface area contributed by atoms with E-state index < -0.39 is 5.97 Å². The summed E-state index contributed by atoms with van der Waals surface area (Å²) in [5.74, 6) is -0.957. The number of aromatic nitrogens is 1. The molecular formula is C41H37ClN6O4S2. The summed E-state index contributed by atoms with van der Waals surface area (Å²) in [6.45, 7) is 5.08. The Kier molecular flexibility index (Phi) is 11.0. The predicted octanol–water partition coefficient (Wildman–Crippen LogP) is 10.5. The van der Waals surface area contributed by atoms with E-state index in [0.29, 0.717) is 27.5 Å². The molecular weight excluding hydrogens is 740 g/mol. The first-order chi connectivity index (χ1) is 26.2. The Morgan fingerprint density at radius 1 is 0.759 bits per heavy atom. The van der Waals surface area contributed by atoms with Crippen LogP contribution in [0.2, 0.25) is 5.02 Å². The molecule has 7 rings (SSSR count). The molecule has 0 amide bonds. The van der Waals surface area contributed by atoms with Gasteiger partial charge in [0.2, 0.25) is 0 Å². The molecule has 0 saturated carbocycles. The highest BCUT2D eigenvalue weighted by Crippen LogP contribution is 2.40. The maximum Gasteiger partial charge on any atom is 0.338 e. The first kappa shape index (κ1) is 36.8.